The van der Waals surface area contributed by atoms with E-state index in [0.29, 0.717) is 28.1 Å². The average molecular weight is 881 g/mol. The number of amides is 2. The van der Waals surface area contributed by atoms with Crippen LogP contribution in [0.2, 0.25) is 0 Å². The molecule has 16 nitrogen and oxygen atoms in total. The molecular formula is C38H48N4O12S4. The lowest BCUT2D eigenvalue weighted by Gasteiger charge is -2.19. The van der Waals surface area contributed by atoms with Crippen molar-refractivity contribution in [3.8, 4) is 0 Å². The lowest BCUT2D eigenvalue weighted by atomic mass is 10.2. The van der Waals surface area contributed by atoms with E-state index in [2.05, 4.69) is 4.72 Å². The largest absolute Gasteiger partial charge is 0.383 e. The molecule has 2 saturated heterocycles. The van der Waals surface area contributed by atoms with E-state index < -0.39 is 58.3 Å². The van der Waals surface area contributed by atoms with E-state index in [1.54, 1.807) is 43.3 Å². The number of carbonyl (C=O) groups is 2. The van der Waals surface area contributed by atoms with Gasteiger partial charge in [-0.3, -0.25) is 13.8 Å². The van der Waals surface area contributed by atoms with Crippen molar-refractivity contribution >= 4 is 63.4 Å². The molecule has 2 amide bonds. The number of sulfonamides is 3. The first-order valence-corrected chi connectivity index (χ1v) is 22.7. The van der Waals surface area contributed by atoms with Crippen LogP contribution in [0.15, 0.2) is 117 Å². The molecule has 316 valence electrons. The Hall–Kier alpha value is -4.54. The Balaban J connectivity index is 0.000000379. The average Bonchev–Trinajstić information content (AvgIpc) is 3.70. The summed E-state index contributed by atoms with van der Waals surface area (Å²) in [5, 5.41) is 9.35. The van der Waals surface area contributed by atoms with Crippen molar-refractivity contribution in [1.29, 1.82) is 0 Å². The highest BCUT2D eigenvalue weighted by molar-refractivity contribution is 8.04. The summed E-state index contributed by atoms with van der Waals surface area (Å²) < 4.78 is 108. The normalized spacial score (nSPS) is 17.3. The van der Waals surface area contributed by atoms with Gasteiger partial charge in [-0.1, -0.05) is 54.0 Å². The van der Waals surface area contributed by atoms with Crippen LogP contribution < -0.4 is 14.5 Å². The zero-order valence-electron chi connectivity index (χ0n) is 30.6. The summed E-state index contributed by atoms with van der Waals surface area (Å²) in [7, 11) is -14.1. The van der Waals surface area contributed by atoms with Gasteiger partial charge in [0.2, 0.25) is 10.0 Å². The molecule has 2 atom stereocenters. The molecule has 2 heterocycles. The van der Waals surface area contributed by atoms with Crippen molar-refractivity contribution in [2.24, 2.45) is 0 Å². The first-order chi connectivity index (χ1) is 26.2. The number of aliphatic hydroxyl groups excluding tert-OH is 1. The first-order valence-electron chi connectivity index (χ1n) is 16.9. The molecule has 2 unspecified atom stereocenters. The van der Waals surface area contributed by atoms with E-state index >= 15 is 0 Å². The molecule has 0 aromatic heterocycles. The number of nitrogens with one attached hydrogen (secondary N) is 1. The van der Waals surface area contributed by atoms with Crippen LogP contribution in [-0.2, 0) is 54.0 Å². The van der Waals surface area contributed by atoms with Crippen LogP contribution >= 0.6 is 0 Å². The summed E-state index contributed by atoms with van der Waals surface area (Å²) in [6.07, 6.45) is -1.67. The second-order valence-corrected chi connectivity index (χ2v) is 20.5. The molecule has 4 aromatic rings. The summed E-state index contributed by atoms with van der Waals surface area (Å²) in [6, 6.07) is 22.9. The molecular weight excluding hydrogens is 833 g/mol. The summed E-state index contributed by atoms with van der Waals surface area (Å²) in [6.45, 7) is 4.19. The van der Waals surface area contributed by atoms with Gasteiger partial charge in [-0.2, -0.15) is 8.42 Å². The maximum absolute atomic E-state index is 13.1. The van der Waals surface area contributed by atoms with Gasteiger partial charge in [0, 0.05) is 44.4 Å². The van der Waals surface area contributed by atoms with Crippen LogP contribution in [0.25, 0.3) is 0 Å². The van der Waals surface area contributed by atoms with E-state index in [0.717, 1.165) is 18.2 Å². The predicted octanol–water partition coefficient (Wildman–Crippen LogP) is 3.79. The maximum atomic E-state index is 13.1. The number of nitrogens with zero attached hydrogens (tertiary/aromatic N) is 3. The van der Waals surface area contributed by atoms with Crippen LogP contribution in [-0.4, -0.2) is 93.7 Å². The van der Waals surface area contributed by atoms with Gasteiger partial charge in [0.1, 0.15) is 6.10 Å². The number of aliphatic hydroxyl groups is 1. The van der Waals surface area contributed by atoms with Crippen LogP contribution in [0.4, 0.5) is 11.4 Å². The van der Waals surface area contributed by atoms with Gasteiger partial charge in [0.15, 0.2) is 6.10 Å². The maximum Gasteiger partial charge on any atom is 0.297 e. The fourth-order valence-electron chi connectivity index (χ4n) is 5.69. The molecule has 0 saturated carbocycles. The minimum atomic E-state index is -4.44. The highest BCUT2D eigenvalue weighted by Crippen LogP contribution is 2.29. The SMILES string of the molecule is C.C.CNS(=O)(=O)c1ccc(N2CCC(O)C2=O)cc1.Cc1ccc(S(=O)(=O)OC2CCN(c3ccc(S(=O)(=O)N(C)S(=O)(=O)c4ccc(C)cc4)cc3)C2=O)cc1. The zero-order chi connectivity index (χ0) is 41.2. The van der Waals surface area contributed by atoms with Crippen molar-refractivity contribution in [2.45, 2.75) is 73.3 Å². The Labute approximate surface area is 341 Å². The zero-order valence-corrected chi connectivity index (χ0v) is 33.9. The van der Waals surface area contributed by atoms with E-state index in [1.165, 1.54) is 77.5 Å². The van der Waals surface area contributed by atoms with Crippen LogP contribution in [0, 0.1) is 13.8 Å². The van der Waals surface area contributed by atoms with E-state index in [4.69, 9.17) is 4.18 Å². The number of rotatable bonds is 11. The third kappa shape index (κ3) is 10.2. The van der Waals surface area contributed by atoms with Gasteiger partial charge >= 0.3 is 0 Å². The standard InChI is InChI=1S/C25H26N2O8S3.C11H14N2O4S.2CH4/c1-18-4-10-21(11-5-18)36(29,30)26(3)37(31,32)22-14-8-20(9-15-22)27-17-16-24(25(27)28)35-38(33,34)23-12-6-19(2)7-13-23;1-12-18(16,17)9-4-2-8(3-5-9)13-7-6-10(14)11(13)15;;/h4-15,24H,16-17H2,1-3H3;2-5,10,12,14H,6-7H2,1H3;2*1H4. The molecule has 58 heavy (non-hydrogen) atoms. The molecule has 2 N–H and O–H groups in total. The summed E-state index contributed by atoms with van der Waals surface area (Å²) in [5.41, 5.74) is 2.60. The van der Waals surface area contributed by atoms with Crippen LogP contribution in [0.5, 0.6) is 0 Å². The fraction of sp³-hybridized carbons (Fsp3) is 0.316. The molecule has 0 spiro atoms. The van der Waals surface area contributed by atoms with Crippen LogP contribution in [0.1, 0.15) is 38.8 Å². The lowest BCUT2D eigenvalue weighted by molar-refractivity contribution is -0.124. The topological polar surface area (TPSA) is 222 Å². The number of benzene rings is 4. The van der Waals surface area contributed by atoms with E-state index in [1.807, 2.05) is 6.92 Å². The molecule has 2 aliphatic rings. The monoisotopic (exact) mass is 880 g/mol. The third-order valence-electron chi connectivity index (χ3n) is 9.06. The number of carbonyl (C=O) groups excluding carboxylic acids is 2. The van der Waals surface area contributed by atoms with E-state index in [9.17, 15) is 48.4 Å². The van der Waals surface area contributed by atoms with Crippen molar-refractivity contribution < 1.29 is 52.5 Å². The molecule has 0 radical (unpaired) electrons. The quantitative estimate of drug-likeness (QED) is 0.206. The number of aryl methyl sites for hydroxylation is 2. The van der Waals surface area contributed by atoms with Crippen molar-refractivity contribution in [3.05, 3.63) is 108 Å². The molecule has 2 fully saturated rings. The van der Waals surface area contributed by atoms with Gasteiger partial charge in [-0.05, 0) is 93.7 Å². The summed E-state index contributed by atoms with van der Waals surface area (Å²) in [5.74, 6) is -0.936. The lowest BCUT2D eigenvalue weighted by Crippen LogP contribution is -2.33. The molecule has 6 rings (SSSR count). The van der Waals surface area contributed by atoms with Crippen molar-refractivity contribution in [2.75, 3.05) is 37.0 Å². The number of anilines is 2. The first kappa shape index (κ1) is 47.8. The molecule has 4 aromatic carbocycles. The minimum absolute atomic E-state index is 0. The smallest absolute Gasteiger partial charge is 0.297 e. The van der Waals surface area contributed by atoms with Crippen molar-refractivity contribution in [3.63, 3.8) is 0 Å². The second kappa shape index (κ2) is 18.6. The Bertz CT molecular complexity index is 2530. The Morgan fingerprint density at radius 3 is 1.40 bits per heavy atom. The Morgan fingerprint density at radius 2 is 0.983 bits per heavy atom. The van der Waals surface area contributed by atoms with Gasteiger partial charge in [-0.25, -0.2) is 30.0 Å². The highest BCUT2D eigenvalue weighted by Gasteiger charge is 2.38. The molecule has 0 bridgehead atoms. The van der Waals surface area contributed by atoms with Gasteiger partial charge in [0.05, 0.1) is 19.6 Å². The summed E-state index contributed by atoms with van der Waals surface area (Å²) in [4.78, 5) is 26.8. The molecule has 20 heteroatoms. The number of hydrogen-bond donors (Lipinski definition) is 2. The predicted molar refractivity (Wildman–Crippen MR) is 219 cm³/mol. The highest BCUT2D eigenvalue weighted by atomic mass is 32.3. The second-order valence-electron chi connectivity index (χ2n) is 12.8. The van der Waals surface area contributed by atoms with Gasteiger partial charge < -0.3 is 14.9 Å². The molecule has 0 aliphatic carbocycles. The van der Waals surface area contributed by atoms with Crippen LogP contribution in [0.3, 0.4) is 0 Å². The van der Waals surface area contributed by atoms with Gasteiger partial charge in [0.25, 0.3) is 42.0 Å². The molecule has 2 aliphatic heterocycles. The Morgan fingerprint density at radius 1 is 0.603 bits per heavy atom. The van der Waals surface area contributed by atoms with E-state index in [-0.39, 0.29) is 53.3 Å². The number of hydrogen-bond acceptors (Lipinski definition) is 12. The summed E-state index contributed by atoms with van der Waals surface area (Å²) >= 11 is 0. The third-order valence-corrected chi connectivity index (χ3v) is 16.1. The minimum Gasteiger partial charge on any atom is -0.383 e. The van der Waals surface area contributed by atoms with Gasteiger partial charge in [-0.15, -0.1) is 0 Å². The fourth-order valence-corrected chi connectivity index (χ4v) is 10.6. The van der Waals surface area contributed by atoms with Crippen molar-refractivity contribution in [1.82, 2.24) is 8.43 Å². The Kier molecular flexibility index (Phi) is 15.3.